The molecule has 254 valence electrons. The molecule has 48 heavy (non-hydrogen) atoms. The standard InChI is InChI=1S/C36H45N7O5/c1-9-36(44)42-41-27-19-28(33(47-8)20-30(27)43(5)29-12-10-11-13-32(29)46-7)40-35-21-34(37-22-38-35)39-25-14-15-31(45-6)26(18-25)24(4)48-17-16-23(2)3/h9-15,18-24,41H,1,16-17H2,2-8H3,(H,42,44)(H2,37,38,39,40). The van der Waals surface area contributed by atoms with Crippen LogP contribution in [0, 0.1) is 5.92 Å². The second-order valence-corrected chi connectivity index (χ2v) is 11.3. The third-order valence-electron chi connectivity index (χ3n) is 7.56. The van der Waals surface area contributed by atoms with Crippen molar-refractivity contribution in [3.05, 3.63) is 85.2 Å². The number of hydrogen-bond donors (Lipinski definition) is 4. The smallest absolute Gasteiger partial charge is 0.261 e. The van der Waals surface area contributed by atoms with Gasteiger partial charge >= 0.3 is 0 Å². The van der Waals surface area contributed by atoms with E-state index in [1.807, 2.05) is 73.5 Å². The second-order valence-electron chi connectivity index (χ2n) is 11.3. The van der Waals surface area contributed by atoms with E-state index in [-0.39, 0.29) is 6.10 Å². The molecule has 12 heteroatoms. The molecule has 0 saturated heterocycles. The lowest BCUT2D eigenvalue weighted by Crippen LogP contribution is -2.28. The summed E-state index contributed by atoms with van der Waals surface area (Å²) in [5.74, 6) is 3.22. The van der Waals surface area contributed by atoms with Crippen LogP contribution in [0.5, 0.6) is 17.2 Å². The fraction of sp³-hybridized carbons (Fsp3) is 0.306. The Morgan fingerprint density at radius 1 is 0.854 bits per heavy atom. The largest absolute Gasteiger partial charge is 0.496 e. The van der Waals surface area contributed by atoms with Gasteiger partial charge in [0, 0.05) is 37.0 Å². The Hall–Kier alpha value is -5.49. The quantitative estimate of drug-likeness (QED) is 0.0666. The first-order valence-corrected chi connectivity index (χ1v) is 15.6. The maximum Gasteiger partial charge on any atom is 0.261 e. The summed E-state index contributed by atoms with van der Waals surface area (Å²) in [6.07, 6.45) is 3.47. The normalized spacial score (nSPS) is 11.3. The van der Waals surface area contributed by atoms with Crippen LogP contribution in [-0.2, 0) is 9.53 Å². The molecule has 1 amide bonds. The molecule has 1 atom stereocenters. The minimum absolute atomic E-state index is 0.153. The fourth-order valence-corrected chi connectivity index (χ4v) is 4.91. The first kappa shape index (κ1) is 35.4. The molecule has 1 heterocycles. The minimum Gasteiger partial charge on any atom is -0.496 e. The molecule has 12 nitrogen and oxygen atoms in total. The molecule has 1 unspecified atom stereocenters. The zero-order valence-corrected chi connectivity index (χ0v) is 28.6. The van der Waals surface area contributed by atoms with E-state index in [4.69, 9.17) is 18.9 Å². The number of nitrogens with one attached hydrogen (secondary N) is 4. The highest BCUT2D eigenvalue weighted by Crippen LogP contribution is 2.42. The van der Waals surface area contributed by atoms with E-state index in [1.165, 1.54) is 12.4 Å². The molecule has 4 N–H and O–H groups in total. The van der Waals surface area contributed by atoms with E-state index in [2.05, 4.69) is 51.9 Å². The lowest BCUT2D eigenvalue weighted by Gasteiger charge is -2.26. The predicted molar refractivity (Wildman–Crippen MR) is 191 cm³/mol. The Morgan fingerprint density at radius 2 is 1.56 bits per heavy atom. The number of benzene rings is 3. The molecule has 0 aliphatic heterocycles. The lowest BCUT2D eigenvalue weighted by atomic mass is 10.1. The van der Waals surface area contributed by atoms with Gasteiger partial charge in [0.2, 0.25) is 0 Å². The van der Waals surface area contributed by atoms with Crippen molar-refractivity contribution in [2.75, 3.05) is 55.9 Å². The fourth-order valence-electron chi connectivity index (χ4n) is 4.91. The SMILES string of the molecule is C=CC(=O)NNc1cc(Nc2cc(Nc3ccc(OC)c(C(C)OCCC(C)C)c3)ncn2)c(OC)cc1N(C)c1ccccc1OC. The van der Waals surface area contributed by atoms with Crippen molar-refractivity contribution in [3.8, 4) is 17.2 Å². The third-order valence-corrected chi connectivity index (χ3v) is 7.56. The molecule has 4 aromatic rings. The number of para-hydroxylation sites is 2. The number of carbonyl (C=O) groups is 1. The number of methoxy groups -OCH3 is 3. The molecule has 0 aliphatic rings. The highest BCUT2D eigenvalue weighted by atomic mass is 16.5. The van der Waals surface area contributed by atoms with Crippen LogP contribution in [0.15, 0.2) is 79.6 Å². The molecule has 0 bridgehead atoms. The maximum absolute atomic E-state index is 12.1. The van der Waals surface area contributed by atoms with Gasteiger partial charge in [-0.05, 0) is 61.7 Å². The highest BCUT2D eigenvalue weighted by molar-refractivity contribution is 5.90. The summed E-state index contributed by atoms with van der Waals surface area (Å²) in [5, 5.41) is 6.69. The van der Waals surface area contributed by atoms with Gasteiger partial charge in [-0.15, -0.1) is 0 Å². The number of ether oxygens (including phenoxy) is 4. The molecule has 1 aromatic heterocycles. The minimum atomic E-state index is -0.393. The zero-order chi connectivity index (χ0) is 34.6. The van der Waals surface area contributed by atoms with E-state index in [9.17, 15) is 4.79 Å². The van der Waals surface area contributed by atoms with E-state index in [1.54, 1.807) is 27.4 Å². The van der Waals surface area contributed by atoms with Gasteiger partial charge in [-0.3, -0.25) is 15.6 Å². The molecule has 0 spiro atoms. The van der Waals surface area contributed by atoms with Crippen LogP contribution in [-0.4, -0.2) is 50.9 Å². The van der Waals surface area contributed by atoms with Crippen molar-refractivity contribution >= 4 is 46.0 Å². The van der Waals surface area contributed by atoms with Crippen molar-refractivity contribution in [3.63, 3.8) is 0 Å². The van der Waals surface area contributed by atoms with Crippen LogP contribution in [0.4, 0.5) is 40.1 Å². The number of nitrogens with zero attached hydrogens (tertiary/aromatic N) is 3. The molecule has 3 aromatic carbocycles. The second kappa shape index (κ2) is 16.9. The van der Waals surface area contributed by atoms with Crippen molar-refractivity contribution in [1.29, 1.82) is 0 Å². The summed E-state index contributed by atoms with van der Waals surface area (Å²) in [7, 11) is 6.75. The van der Waals surface area contributed by atoms with Crippen LogP contribution in [0.3, 0.4) is 0 Å². The first-order chi connectivity index (χ1) is 23.2. The number of carbonyl (C=O) groups excluding carboxylic acids is 1. The monoisotopic (exact) mass is 655 g/mol. The Balaban J connectivity index is 1.62. The molecular formula is C36H45N7O5. The van der Waals surface area contributed by atoms with Crippen LogP contribution >= 0.6 is 0 Å². The predicted octanol–water partition coefficient (Wildman–Crippen LogP) is 7.51. The van der Waals surface area contributed by atoms with E-state index in [0.29, 0.717) is 52.7 Å². The van der Waals surface area contributed by atoms with Crippen molar-refractivity contribution < 1.29 is 23.7 Å². The molecule has 4 rings (SSSR count). The Bertz CT molecular complexity index is 1700. The van der Waals surface area contributed by atoms with Gasteiger partial charge in [0.05, 0.1) is 50.2 Å². The number of amides is 1. The van der Waals surface area contributed by atoms with Crippen molar-refractivity contribution in [1.82, 2.24) is 15.4 Å². The number of anilines is 7. The molecule has 0 aliphatic carbocycles. The molecular weight excluding hydrogens is 610 g/mol. The van der Waals surface area contributed by atoms with Gasteiger partial charge in [-0.25, -0.2) is 9.97 Å². The number of hydrogen-bond acceptors (Lipinski definition) is 11. The van der Waals surface area contributed by atoms with Gasteiger partial charge in [-0.1, -0.05) is 32.6 Å². The summed E-state index contributed by atoms with van der Waals surface area (Å²) in [4.78, 5) is 22.9. The topological polar surface area (TPSA) is 131 Å². The zero-order valence-electron chi connectivity index (χ0n) is 28.6. The van der Waals surface area contributed by atoms with Crippen LogP contribution in [0.25, 0.3) is 0 Å². The average Bonchev–Trinajstić information content (AvgIpc) is 3.10. The Kier molecular flexibility index (Phi) is 12.4. The summed E-state index contributed by atoms with van der Waals surface area (Å²) in [6.45, 7) is 10.6. The lowest BCUT2D eigenvalue weighted by molar-refractivity contribution is -0.116. The van der Waals surface area contributed by atoms with Crippen molar-refractivity contribution in [2.45, 2.75) is 33.3 Å². The molecule has 0 radical (unpaired) electrons. The Labute approximate surface area is 282 Å². The number of aromatic nitrogens is 2. The third kappa shape index (κ3) is 9.07. The summed E-state index contributed by atoms with van der Waals surface area (Å²) < 4.78 is 23.1. The van der Waals surface area contributed by atoms with Gasteiger partial charge < -0.3 is 34.5 Å². The summed E-state index contributed by atoms with van der Waals surface area (Å²) in [6, 6.07) is 18.9. The van der Waals surface area contributed by atoms with Crippen LogP contribution in [0.1, 0.15) is 38.9 Å². The van der Waals surface area contributed by atoms with Gasteiger partial charge in [-0.2, -0.15) is 0 Å². The average molecular weight is 656 g/mol. The molecule has 0 saturated carbocycles. The summed E-state index contributed by atoms with van der Waals surface area (Å²) in [5.41, 5.74) is 10.1. The maximum atomic E-state index is 12.1. The summed E-state index contributed by atoms with van der Waals surface area (Å²) >= 11 is 0. The van der Waals surface area contributed by atoms with E-state index in [0.717, 1.165) is 29.1 Å². The van der Waals surface area contributed by atoms with Crippen molar-refractivity contribution in [2.24, 2.45) is 5.92 Å². The van der Waals surface area contributed by atoms with Gasteiger partial charge in [0.25, 0.3) is 5.91 Å². The number of hydrazine groups is 1. The van der Waals surface area contributed by atoms with Crippen LogP contribution in [0.2, 0.25) is 0 Å². The molecule has 0 fully saturated rings. The number of rotatable bonds is 17. The van der Waals surface area contributed by atoms with Crippen LogP contribution < -0.4 is 40.6 Å². The van der Waals surface area contributed by atoms with E-state index >= 15 is 0 Å². The Morgan fingerprint density at radius 3 is 2.25 bits per heavy atom. The van der Waals surface area contributed by atoms with Gasteiger partial charge in [0.1, 0.15) is 35.2 Å². The van der Waals surface area contributed by atoms with E-state index < -0.39 is 5.91 Å². The highest BCUT2D eigenvalue weighted by Gasteiger charge is 2.19. The van der Waals surface area contributed by atoms with Gasteiger partial charge in [0.15, 0.2) is 0 Å². The first-order valence-electron chi connectivity index (χ1n) is 15.6.